The lowest BCUT2D eigenvalue weighted by molar-refractivity contribution is -0.0980. The number of ether oxygens (including phenoxy) is 1. The van der Waals surface area contributed by atoms with E-state index < -0.39 is 0 Å². The smallest absolute Gasteiger partial charge is 0.0682 e. The van der Waals surface area contributed by atoms with Gasteiger partial charge in [-0.15, -0.1) is 0 Å². The predicted octanol–water partition coefficient (Wildman–Crippen LogP) is 4.16. The van der Waals surface area contributed by atoms with Gasteiger partial charge in [0, 0.05) is 6.61 Å². The van der Waals surface area contributed by atoms with Gasteiger partial charge in [-0.05, 0) is 44.4 Å². The molecule has 2 rings (SSSR count). The van der Waals surface area contributed by atoms with Crippen LogP contribution in [0.2, 0.25) is 0 Å². The zero-order valence-corrected chi connectivity index (χ0v) is 10.4. The van der Waals surface area contributed by atoms with Crippen LogP contribution in [0.3, 0.4) is 0 Å². The molecule has 0 aromatic carbocycles. The van der Waals surface area contributed by atoms with E-state index in [2.05, 4.69) is 13.8 Å². The number of hydrogen-bond donors (Lipinski definition) is 0. The molecule has 0 bridgehead atoms. The van der Waals surface area contributed by atoms with Crippen molar-refractivity contribution in [1.82, 2.24) is 0 Å². The summed E-state index contributed by atoms with van der Waals surface area (Å²) in [4.78, 5) is 0. The monoisotopic (exact) mass is 210 g/mol. The molecule has 0 N–H and O–H groups in total. The maximum absolute atomic E-state index is 6.07. The second-order valence-corrected chi connectivity index (χ2v) is 5.52. The third kappa shape index (κ3) is 2.38. The summed E-state index contributed by atoms with van der Waals surface area (Å²) in [5.74, 6) is 2.03. The molecule has 2 saturated carbocycles. The molecule has 2 fully saturated rings. The van der Waals surface area contributed by atoms with Gasteiger partial charge < -0.3 is 4.74 Å². The van der Waals surface area contributed by atoms with Crippen LogP contribution in [-0.4, -0.2) is 12.2 Å². The van der Waals surface area contributed by atoms with Gasteiger partial charge in [0.15, 0.2) is 0 Å². The number of fused-ring (bicyclic) bond motifs is 1. The summed E-state index contributed by atoms with van der Waals surface area (Å²) < 4.78 is 6.07. The van der Waals surface area contributed by atoms with E-state index in [1.165, 1.54) is 51.4 Å². The van der Waals surface area contributed by atoms with Gasteiger partial charge in [0.25, 0.3) is 0 Å². The Morgan fingerprint density at radius 2 is 1.80 bits per heavy atom. The van der Waals surface area contributed by atoms with Crippen LogP contribution in [-0.2, 0) is 4.74 Å². The average Bonchev–Trinajstić information content (AvgIpc) is 2.29. The van der Waals surface area contributed by atoms with Crippen molar-refractivity contribution < 1.29 is 4.74 Å². The summed E-state index contributed by atoms with van der Waals surface area (Å²) in [6.45, 7) is 5.34. The maximum atomic E-state index is 6.07. The summed E-state index contributed by atoms with van der Waals surface area (Å²) in [7, 11) is 0. The molecule has 15 heavy (non-hydrogen) atoms. The fourth-order valence-corrected chi connectivity index (χ4v) is 3.82. The second kappa shape index (κ2) is 4.86. The molecule has 2 aliphatic carbocycles. The Bertz CT molecular complexity index is 202. The largest absolute Gasteiger partial charge is 0.375 e. The zero-order chi connectivity index (χ0) is 10.7. The van der Waals surface area contributed by atoms with Gasteiger partial charge in [0.2, 0.25) is 0 Å². The third-order valence-electron chi connectivity index (χ3n) is 4.77. The summed E-state index contributed by atoms with van der Waals surface area (Å²) in [5, 5.41) is 0. The molecular formula is C14H26O. The molecule has 1 nitrogen and oxygen atoms in total. The van der Waals surface area contributed by atoms with E-state index >= 15 is 0 Å². The van der Waals surface area contributed by atoms with Gasteiger partial charge >= 0.3 is 0 Å². The van der Waals surface area contributed by atoms with E-state index in [0.29, 0.717) is 0 Å². The molecule has 0 aromatic rings. The zero-order valence-electron chi connectivity index (χ0n) is 10.4. The first-order valence-corrected chi connectivity index (χ1v) is 6.93. The number of rotatable bonds is 3. The second-order valence-electron chi connectivity index (χ2n) is 5.52. The number of hydrogen-bond acceptors (Lipinski definition) is 1. The van der Waals surface area contributed by atoms with Crippen molar-refractivity contribution in [2.45, 2.75) is 70.8 Å². The molecule has 0 radical (unpaired) electrons. The molecule has 0 amide bonds. The van der Waals surface area contributed by atoms with Crippen molar-refractivity contribution in [3.63, 3.8) is 0 Å². The van der Waals surface area contributed by atoms with Gasteiger partial charge in [-0.1, -0.05) is 32.6 Å². The summed E-state index contributed by atoms with van der Waals surface area (Å²) >= 11 is 0. The van der Waals surface area contributed by atoms with E-state index in [1.807, 2.05) is 0 Å². The minimum atomic E-state index is 0.257. The highest BCUT2D eigenvalue weighted by atomic mass is 16.5. The van der Waals surface area contributed by atoms with Gasteiger partial charge in [0.1, 0.15) is 0 Å². The highest BCUT2D eigenvalue weighted by Gasteiger charge is 2.40. The Balaban J connectivity index is 1.99. The standard InChI is InChI=1S/C14H26O/c1-3-14(15-4-2)10-9-12-7-5-6-8-13(12)11-14/h12-13H,3-11H2,1-2H3. The van der Waals surface area contributed by atoms with Crippen LogP contribution in [0.1, 0.15) is 65.2 Å². The molecule has 3 unspecified atom stereocenters. The minimum Gasteiger partial charge on any atom is -0.375 e. The first-order valence-electron chi connectivity index (χ1n) is 6.93. The van der Waals surface area contributed by atoms with Crippen molar-refractivity contribution >= 4 is 0 Å². The lowest BCUT2D eigenvalue weighted by Crippen LogP contribution is -2.42. The van der Waals surface area contributed by atoms with Crippen molar-refractivity contribution in [2.24, 2.45) is 11.8 Å². The Labute approximate surface area is 94.6 Å². The van der Waals surface area contributed by atoms with Gasteiger partial charge in [-0.2, -0.15) is 0 Å². The topological polar surface area (TPSA) is 9.23 Å². The van der Waals surface area contributed by atoms with Gasteiger partial charge in [0.05, 0.1) is 5.60 Å². The Kier molecular flexibility index (Phi) is 3.71. The predicted molar refractivity (Wildman–Crippen MR) is 63.9 cm³/mol. The fourth-order valence-electron chi connectivity index (χ4n) is 3.82. The Morgan fingerprint density at radius 3 is 2.47 bits per heavy atom. The molecule has 0 heterocycles. The summed E-state index contributed by atoms with van der Waals surface area (Å²) in [6.07, 6.45) is 11.2. The van der Waals surface area contributed by atoms with E-state index in [0.717, 1.165) is 18.4 Å². The van der Waals surface area contributed by atoms with E-state index in [9.17, 15) is 0 Å². The van der Waals surface area contributed by atoms with E-state index in [1.54, 1.807) is 0 Å². The quantitative estimate of drug-likeness (QED) is 0.679. The SMILES string of the molecule is CCOC1(CC)CCC2CCCCC2C1. The normalized spacial score (nSPS) is 41.2. The summed E-state index contributed by atoms with van der Waals surface area (Å²) in [5.41, 5.74) is 0.257. The van der Waals surface area contributed by atoms with Crippen LogP contribution >= 0.6 is 0 Å². The molecule has 1 heteroatoms. The van der Waals surface area contributed by atoms with Crippen molar-refractivity contribution in [1.29, 1.82) is 0 Å². The average molecular weight is 210 g/mol. The maximum Gasteiger partial charge on any atom is 0.0682 e. The lowest BCUT2D eigenvalue weighted by Gasteiger charge is -2.46. The lowest BCUT2D eigenvalue weighted by atomic mass is 9.65. The first-order chi connectivity index (χ1) is 7.29. The molecule has 0 aromatic heterocycles. The van der Waals surface area contributed by atoms with Crippen molar-refractivity contribution in [2.75, 3.05) is 6.61 Å². The molecule has 0 spiro atoms. The van der Waals surface area contributed by atoms with Gasteiger partial charge in [-0.25, -0.2) is 0 Å². The highest BCUT2D eigenvalue weighted by molar-refractivity contribution is 4.92. The van der Waals surface area contributed by atoms with E-state index in [-0.39, 0.29) is 5.60 Å². The molecule has 0 saturated heterocycles. The van der Waals surface area contributed by atoms with Crippen molar-refractivity contribution in [3.05, 3.63) is 0 Å². The fraction of sp³-hybridized carbons (Fsp3) is 1.00. The van der Waals surface area contributed by atoms with Crippen LogP contribution in [0.25, 0.3) is 0 Å². The van der Waals surface area contributed by atoms with Crippen LogP contribution < -0.4 is 0 Å². The molecule has 3 atom stereocenters. The third-order valence-corrected chi connectivity index (χ3v) is 4.77. The van der Waals surface area contributed by atoms with Crippen molar-refractivity contribution in [3.8, 4) is 0 Å². The van der Waals surface area contributed by atoms with Crippen LogP contribution in [0.15, 0.2) is 0 Å². The Morgan fingerprint density at radius 1 is 1.07 bits per heavy atom. The Hall–Kier alpha value is -0.0400. The molecule has 88 valence electrons. The van der Waals surface area contributed by atoms with Crippen LogP contribution in [0.5, 0.6) is 0 Å². The minimum absolute atomic E-state index is 0.257. The van der Waals surface area contributed by atoms with Crippen LogP contribution in [0.4, 0.5) is 0 Å². The van der Waals surface area contributed by atoms with E-state index in [4.69, 9.17) is 4.74 Å². The van der Waals surface area contributed by atoms with Gasteiger partial charge in [-0.3, -0.25) is 0 Å². The highest BCUT2D eigenvalue weighted by Crippen LogP contribution is 2.46. The molecular weight excluding hydrogens is 184 g/mol. The first kappa shape index (κ1) is 11.4. The summed E-state index contributed by atoms with van der Waals surface area (Å²) in [6, 6.07) is 0. The molecule has 2 aliphatic rings. The molecule has 0 aliphatic heterocycles. The van der Waals surface area contributed by atoms with Crippen LogP contribution in [0, 0.1) is 11.8 Å².